The zero-order valence-corrected chi connectivity index (χ0v) is 19.6. The second kappa shape index (κ2) is 9.99. The second-order valence-corrected chi connectivity index (χ2v) is 9.41. The molecule has 1 aromatic carbocycles. The summed E-state index contributed by atoms with van der Waals surface area (Å²) in [4.78, 5) is 41.5. The molecular formula is C24H31ClN2O6. The Bertz CT molecular complexity index is 893. The number of nitrogens with one attached hydrogen (secondary N) is 1. The number of rotatable bonds is 10. The quantitative estimate of drug-likeness (QED) is 0.395. The van der Waals surface area contributed by atoms with Crippen molar-refractivity contribution >= 4 is 35.1 Å². The van der Waals surface area contributed by atoms with Gasteiger partial charge in [0.05, 0.1) is 24.5 Å². The average Bonchev–Trinajstić information content (AvgIpc) is 3.43. The molecule has 3 aliphatic rings. The van der Waals surface area contributed by atoms with Crippen LogP contribution in [0.15, 0.2) is 24.3 Å². The highest BCUT2D eigenvalue weighted by molar-refractivity contribution is 6.30. The van der Waals surface area contributed by atoms with E-state index in [0.29, 0.717) is 42.9 Å². The number of carbonyl (C=O) groups is 3. The van der Waals surface area contributed by atoms with Crippen molar-refractivity contribution in [2.24, 2.45) is 11.8 Å². The van der Waals surface area contributed by atoms with Crippen molar-refractivity contribution in [1.82, 2.24) is 4.90 Å². The van der Waals surface area contributed by atoms with Crippen LogP contribution in [0.25, 0.3) is 0 Å². The summed E-state index contributed by atoms with van der Waals surface area (Å²) in [5.74, 6) is -2.36. The number of aliphatic hydroxyl groups excluding tert-OH is 1. The van der Waals surface area contributed by atoms with Gasteiger partial charge in [0, 0.05) is 23.9 Å². The summed E-state index contributed by atoms with van der Waals surface area (Å²) in [7, 11) is 0. The highest BCUT2D eigenvalue weighted by atomic mass is 35.5. The molecule has 2 bridgehead atoms. The number of hydrogen-bond donors (Lipinski definition) is 2. The van der Waals surface area contributed by atoms with Crippen LogP contribution in [-0.4, -0.2) is 65.3 Å². The molecule has 2 amide bonds. The Kier molecular flexibility index (Phi) is 7.26. The molecule has 1 aromatic rings. The van der Waals surface area contributed by atoms with Gasteiger partial charge in [0.15, 0.2) is 0 Å². The molecule has 0 aliphatic carbocycles. The molecule has 33 heavy (non-hydrogen) atoms. The van der Waals surface area contributed by atoms with E-state index in [4.69, 9.17) is 26.2 Å². The molecule has 8 nitrogen and oxygen atoms in total. The summed E-state index contributed by atoms with van der Waals surface area (Å²) < 4.78 is 11.6. The molecule has 0 aromatic heterocycles. The maximum atomic E-state index is 13.6. The highest BCUT2D eigenvalue weighted by Crippen LogP contribution is 2.58. The number of ether oxygens (including phenoxy) is 2. The van der Waals surface area contributed by atoms with Gasteiger partial charge < -0.3 is 24.8 Å². The third kappa shape index (κ3) is 4.36. The normalized spacial score (nSPS) is 29.9. The van der Waals surface area contributed by atoms with Crippen molar-refractivity contribution in [1.29, 1.82) is 0 Å². The highest BCUT2D eigenvalue weighted by Gasteiger charge is 2.74. The van der Waals surface area contributed by atoms with Crippen LogP contribution < -0.4 is 5.32 Å². The van der Waals surface area contributed by atoms with Crippen LogP contribution in [-0.2, 0) is 23.9 Å². The molecular weight excluding hydrogens is 448 g/mol. The lowest BCUT2D eigenvalue weighted by atomic mass is 9.71. The maximum absolute atomic E-state index is 13.6. The Hall–Kier alpha value is -2.16. The summed E-state index contributed by atoms with van der Waals surface area (Å²) in [5.41, 5.74) is -0.449. The van der Waals surface area contributed by atoms with Gasteiger partial charge in [0.2, 0.25) is 11.8 Å². The van der Waals surface area contributed by atoms with E-state index in [1.54, 1.807) is 36.1 Å². The van der Waals surface area contributed by atoms with Crippen molar-refractivity contribution in [2.45, 2.75) is 63.2 Å². The molecule has 5 atom stereocenters. The topological polar surface area (TPSA) is 105 Å². The van der Waals surface area contributed by atoms with Gasteiger partial charge in [0.25, 0.3) is 0 Å². The van der Waals surface area contributed by atoms with Crippen LogP contribution in [0.1, 0.15) is 45.4 Å². The van der Waals surface area contributed by atoms with E-state index in [1.807, 2.05) is 0 Å². The van der Waals surface area contributed by atoms with Crippen LogP contribution in [0.5, 0.6) is 0 Å². The minimum atomic E-state index is -1.03. The molecule has 0 radical (unpaired) electrons. The van der Waals surface area contributed by atoms with Crippen LogP contribution in [0, 0.1) is 11.8 Å². The zero-order chi connectivity index (χ0) is 23.6. The Labute approximate surface area is 198 Å². The van der Waals surface area contributed by atoms with Crippen LogP contribution in [0.4, 0.5) is 5.69 Å². The SMILES string of the molecule is CCOC(=O)[C@@H]1[C@H]2C(=O)N(CCCCCCO)C(C(=O)Nc3ccc(Cl)cc3)C23CC[C@H]1O3. The molecule has 0 saturated carbocycles. The molecule has 4 rings (SSSR count). The number of hydrogen-bond acceptors (Lipinski definition) is 6. The fraction of sp³-hybridized carbons (Fsp3) is 0.625. The first-order valence-corrected chi connectivity index (χ1v) is 12.1. The molecule has 1 spiro atoms. The molecule has 2 unspecified atom stereocenters. The maximum Gasteiger partial charge on any atom is 0.312 e. The molecule has 3 heterocycles. The first-order valence-electron chi connectivity index (χ1n) is 11.7. The van der Waals surface area contributed by atoms with Crippen LogP contribution in [0.2, 0.25) is 5.02 Å². The summed E-state index contributed by atoms with van der Waals surface area (Å²) in [6, 6.07) is 5.96. The molecule has 180 valence electrons. The van der Waals surface area contributed by atoms with Crippen molar-refractivity contribution in [3.63, 3.8) is 0 Å². The number of likely N-dealkylation sites (tertiary alicyclic amines) is 1. The Morgan fingerprint density at radius 2 is 1.97 bits per heavy atom. The van der Waals surface area contributed by atoms with Gasteiger partial charge in [0.1, 0.15) is 11.6 Å². The smallest absolute Gasteiger partial charge is 0.312 e. The number of nitrogens with zero attached hydrogens (tertiary/aromatic N) is 1. The minimum Gasteiger partial charge on any atom is -0.466 e. The molecule has 9 heteroatoms. The summed E-state index contributed by atoms with van der Waals surface area (Å²) in [5, 5.41) is 12.5. The lowest BCUT2D eigenvalue weighted by Gasteiger charge is -2.33. The number of amides is 2. The van der Waals surface area contributed by atoms with Gasteiger partial charge in [-0.2, -0.15) is 0 Å². The van der Waals surface area contributed by atoms with Gasteiger partial charge in [-0.1, -0.05) is 24.4 Å². The Morgan fingerprint density at radius 3 is 2.67 bits per heavy atom. The zero-order valence-electron chi connectivity index (χ0n) is 18.8. The van der Waals surface area contributed by atoms with E-state index in [9.17, 15) is 14.4 Å². The Morgan fingerprint density at radius 1 is 1.24 bits per heavy atom. The number of benzene rings is 1. The molecule has 3 aliphatic heterocycles. The van der Waals surface area contributed by atoms with E-state index < -0.39 is 35.6 Å². The number of esters is 1. The monoisotopic (exact) mass is 478 g/mol. The van der Waals surface area contributed by atoms with Crippen molar-refractivity contribution in [3.8, 4) is 0 Å². The van der Waals surface area contributed by atoms with Crippen molar-refractivity contribution in [3.05, 3.63) is 29.3 Å². The van der Waals surface area contributed by atoms with Crippen LogP contribution >= 0.6 is 11.6 Å². The van der Waals surface area contributed by atoms with Gasteiger partial charge in [-0.25, -0.2) is 0 Å². The fourth-order valence-electron chi connectivity index (χ4n) is 5.69. The second-order valence-electron chi connectivity index (χ2n) is 8.97. The summed E-state index contributed by atoms with van der Waals surface area (Å²) in [6.45, 7) is 2.49. The largest absolute Gasteiger partial charge is 0.466 e. The van der Waals surface area contributed by atoms with Crippen LogP contribution in [0.3, 0.4) is 0 Å². The predicted molar refractivity (Wildman–Crippen MR) is 122 cm³/mol. The average molecular weight is 479 g/mol. The van der Waals surface area contributed by atoms with Gasteiger partial charge >= 0.3 is 5.97 Å². The number of aliphatic hydroxyl groups is 1. The van der Waals surface area contributed by atoms with Gasteiger partial charge in [-0.3, -0.25) is 14.4 Å². The number of unbranched alkanes of at least 4 members (excludes halogenated alkanes) is 3. The van der Waals surface area contributed by atoms with Crippen molar-refractivity contribution in [2.75, 3.05) is 25.1 Å². The van der Waals surface area contributed by atoms with E-state index in [2.05, 4.69) is 5.32 Å². The first-order chi connectivity index (χ1) is 15.9. The summed E-state index contributed by atoms with van der Waals surface area (Å²) in [6.07, 6.45) is 3.84. The minimum absolute atomic E-state index is 0.135. The van der Waals surface area contributed by atoms with E-state index in [1.165, 1.54) is 0 Å². The third-order valence-corrected chi connectivity index (χ3v) is 7.28. The standard InChI is InChI=1S/C24H31ClN2O6/c1-2-32-23(31)18-17-11-12-24(33-17)19(18)22(30)27(13-5-3-4-6-14-28)20(24)21(29)26-16-9-7-15(25)8-10-16/h7-10,17-20,28H,2-6,11-14H2,1H3,(H,26,29)/t17-,18+,19+,20?,24?/m1/s1. The van der Waals surface area contributed by atoms with E-state index in [0.717, 1.165) is 12.8 Å². The van der Waals surface area contributed by atoms with Gasteiger partial charge in [-0.15, -0.1) is 0 Å². The number of carbonyl (C=O) groups excluding carboxylic acids is 3. The molecule has 3 saturated heterocycles. The first kappa shape index (κ1) is 24.0. The van der Waals surface area contributed by atoms with Crippen molar-refractivity contribution < 1.29 is 29.0 Å². The molecule has 3 fully saturated rings. The fourth-order valence-corrected chi connectivity index (χ4v) is 5.82. The van der Waals surface area contributed by atoms with Gasteiger partial charge in [-0.05, 0) is 56.9 Å². The lowest BCUT2D eigenvalue weighted by molar-refractivity contribution is -0.154. The number of fused-ring (bicyclic) bond motifs is 1. The summed E-state index contributed by atoms with van der Waals surface area (Å²) >= 11 is 5.96. The van der Waals surface area contributed by atoms with E-state index in [-0.39, 0.29) is 25.0 Å². The molecule has 2 N–H and O–H groups in total. The lowest BCUT2D eigenvalue weighted by Crippen LogP contribution is -2.53. The Balaban J connectivity index is 1.60. The predicted octanol–water partition coefficient (Wildman–Crippen LogP) is 2.77. The number of anilines is 1. The third-order valence-electron chi connectivity index (χ3n) is 7.03. The van der Waals surface area contributed by atoms with E-state index >= 15 is 0 Å². The number of halogens is 1.